The third-order valence-corrected chi connectivity index (χ3v) is 6.41. The van der Waals surface area contributed by atoms with Crippen LogP contribution in [0.3, 0.4) is 0 Å². The molecular weight excluding hydrogens is 356 g/mol. The number of anilines is 3. The highest BCUT2D eigenvalue weighted by Crippen LogP contribution is 2.32. The van der Waals surface area contributed by atoms with E-state index in [0.29, 0.717) is 6.04 Å². The summed E-state index contributed by atoms with van der Waals surface area (Å²) in [5, 5.41) is 4.89. The molecule has 2 aromatic carbocycles. The summed E-state index contributed by atoms with van der Waals surface area (Å²) >= 11 is 0. The van der Waals surface area contributed by atoms with E-state index in [1.54, 1.807) is 0 Å². The summed E-state index contributed by atoms with van der Waals surface area (Å²) in [6.07, 6.45) is 1.03. The molecule has 0 spiro atoms. The topological polar surface area (TPSA) is 31.4 Å². The second-order valence-corrected chi connectivity index (χ2v) is 8.35. The summed E-state index contributed by atoms with van der Waals surface area (Å²) in [7, 11) is 2.21. The maximum atomic E-state index is 4.79. The van der Waals surface area contributed by atoms with Gasteiger partial charge < -0.3 is 15.1 Å². The van der Waals surface area contributed by atoms with Crippen molar-refractivity contribution in [3.63, 3.8) is 0 Å². The van der Waals surface area contributed by atoms with Crippen LogP contribution in [0.2, 0.25) is 0 Å². The molecule has 0 amide bonds. The van der Waals surface area contributed by atoms with Crippen LogP contribution in [0, 0.1) is 13.8 Å². The molecule has 0 bridgehead atoms. The van der Waals surface area contributed by atoms with E-state index in [2.05, 4.69) is 92.3 Å². The molecule has 1 N–H and O–H groups in total. The van der Waals surface area contributed by atoms with Crippen LogP contribution < -0.4 is 10.2 Å². The van der Waals surface area contributed by atoms with Gasteiger partial charge in [0.2, 0.25) is 0 Å². The molecule has 0 aliphatic carbocycles. The van der Waals surface area contributed by atoms with E-state index in [1.807, 2.05) is 0 Å². The van der Waals surface area contributed by atoms with Crippen LogP contribution in [0.25, 0.3) is 10.9 Å². The number of pyridine rings is 1. The second kappa shape index (κ2) is 8.03. The standard InChI is InChI=1S/C25H32N4/c1-6-20-7-12-24-23(15-20)25(18(3)19(4)26-24)27-21-8-10-22(11-9-21)29-14-13-28(5)17(2)16-29/h7-12,15,17H,6,13-14,16H2,1-5H3,(H,26,27). The van der Waals surface area contributed by atoms with E-state index in [1.165, 1.54) is 27.9 Å². The van der Waals surface area contributed by atoms with Gasteiger partial charge in [-0.05, 0) is 81.8 Å². The molecule has 0 radical (unpaired) electrons. The Hall–Kier alpha value is -2.59. The van der Waals surface area contributed by atoms with Gasteiger partial charge in [-0.25, -0.2) is 0 Å². The van der Waals surface area contributed by atoms with Gasteiger partial charge in [0, 0.05) is 48.1 Å². The molecular formula is C25H32N4. The quantitative estimate of drug-likeness (QED) is 0.657. The van der Waals surface area contributed by atoms with E-state index in [4.69, 9.17) is 4.98 Å². The van der Waals surface area contributed by atoms with Gasteiger partial charge in [0.05, 0.1) is 11.2 Å². The number of piperazine rings is 1. The van der Waals surface area contributed by atoms with Gasteiger partial charge in [0.25, 0.3) is 0 Å². The summed E-state index contributed by atoms with van der Waals surface area (Å²) in [5.74, 6) is 0. The maximum absolute atomic E-state index is 4.79. The fourth-order valence-corrected chi connectivity index (χ4v) is 4.09. The molecule has 29 heavy (non-hydrogen) atoms. The van der Waals surface area contributed by atoms with Crippen LogP contribution in [-0.4, -0.2) is 42.6 Å². The van der Waals surface area contributed by atoms with Gasteiger partial charge in [-0.1, -0.05) is 13.0 Å². The fraction of sp³-hybridized carbons (Fsp3) is 0.400. The molecule has 1 aliphatic rings. The summed E-state index contributed by atoms with van der Waals surface area (Å²) in [6, 6.07) is 16.1. The van der Waals surface area contributed by atoms with Crippen molar-refractivity contribution in [2.75, 3.05) is 36.9 Å². The number of hydrogen-bond donors (Lipinski definition) is 1. The first-order valence-corrected chi connectivity index (χ1v) is 10.7. The van der Waals surface area contributed by atoms with Crippen molar-refractivity contribution >= 4 is 28.0 Å². The average Bonchev–Trinajstić information content (AvgIpc) is 2.73. The molecule has 1 saturated heterocycles. The number of rotatable bonds is 4. The van der Waals surface area contributed by atoms with Crippen molar-refractivity contribution in [3.05, 3.63) is 59.3 Å². The molecule has 4 nitrogen and oxygen atoms in total. The third kappa shape index (κ3) is 3.95. The Balaban J connectivity index is 1.62. The SMILES string of the molecule is CCc1ccc2nc(C)c(C)c(Nc3ccc(N4CCN(C)C(C)C4)cc3)c2c1. The largest absolute Gasteiger partial charge is 0.369 e. The lowest BCUT2D eigenvalue weighted by Crippen LogP contribution is -2.50. The Morgan fingerprint density at radius 2 is 1.83 bits per heavy atom. The first kappa shape index (κ1) is 19.7. The van der Waals surface area contributed by atoms with Crippen LogP contribution in [0.1, 0.15) is 30.7 Å². The lowest BCUT2D eigenvalue weighted by atomic mass is 10.0. The number of aryl methyl sites for hydroxylation is 2. The molecule has 1 unspecified atom stereocenters. The van der Waals surface area contributed by atoms with Crippen LogP contribution in [0.15, 0.2) is 42.5 Å². The number of likely N-dealkylation sites (N-methyl/N-ethyl adjacent to an activating group) is 1. The monoisotopic (exact) mass is 388 g/mol. The highest BCUT2D eigenvalue weighted by atomic mass is 15.3. The zero-order valence-electron chi connectivity index (χ0n) is 18.3. The van der Waals surface area contributed by atoms with Crippen molar-refractivity contribution < 1.29 is 0 Å². The van der Waals surface area contributed by atoms with Crippen molar-refractivity contribution in [1.82, 2.24) is 9.88 Å². The molecule has 1 atom stereocenters. The van der Waals surface area contributed by atoms with Crippen molar-refractivity contribution in [1.29, 1.82) is 0 Å². The molecule has 1 aliphatic heterocycles. The van der Waals surface area contributed by atoms with Gasteiger partial charge in [0.1, 0.15) is 0 Å². The van der Waals surface area contributed by atoms with Crippen molar-refractivity contribution in [2.45, 2.75) is 40.2 Å². The molecule has 4 heteroatoms. The van der Waals surface area contributed by atoms with E-state index >= 15 is 0 Å². The molecule has 1 fully saturated rings. The lowest BCUT2D eigenvalue weighted by Gasteiger charge is -2.39. The number of benzene rings is 2. The Bertz CT molecular complexity index is 1010. The van der Waals surface area contributed by atoms with Gasteiger partial charge in [-0.2, -0.15) is 0 Å². The van der Waals surface area contributed by atoms with Crippen LogP contribution >= 0.6 is 0 Å². The summed E-state index contributed by atoms with van der Waals surface area (Å²) in [4.78, 5) is 9.70. The maximum Gasteiger partial charge on any atom is 0.0726 e. The highest BCUT2D eigenvalue weighted by molar-refractivity contribution is 5.95. The third-order valence-electron chi connectivity index (χ3n) is 6.41. The summed E-state index contributed by atoms with van der Waals surface area (Å²) in [5.41, 5.74) is 8.27. The Labute approximate surface area is 174 Å². The lowest BCUT2D eigenvalue weighted by molar-refractivity contribution is 0.234. The number of hydrogen-bond acceptors (Lipinski definition) is 4. The predicted molar refractivity (Wildman–Crippen MR) is 125 cm³/mol. The first-order valence-electron chi connectivity index (χ1n) is 10.7. The van der Waals surface area contributed by atoms with Crippen molar-refractivity contribution in [3.8, 4) is 0 Å². The minimum absolute atomic E-state index is 0.586. The number of fused-ring (bicyclic) bond motifs is 1. The van der Waals surface area contributed by atoms with Crippen LogP contribution in [0.4, 0.5) is 17.1 Å². The number of nitrogens with zero attached hydrogens (tertiary/aromatic N) is 3. The molecule has 152 valence electrons. The van der Waals surface area contributed by atoms with E-state index < -0.39 is 0 Å². The zero-order valence-corrected chi connectivity index (χ0v) is 18.3. The molecule has 3 aromatic rings. The number of aromatic nitrogens is 1. The van der Waals surface area contributed by atoms with E-state index in [9.17, 15) is 0 Å². The van der Waals surface area contributed by atoms with Gasteiger partial charge in [0.15, 0.2) is 0 Å². The Morgan fingerprint density at radius 3 is 2.52 bits per heavy atom. The zero-order chi connectivity index (χ0) is 20.5. The first-order chi connectivity index (χ1) is 14.0. The molecule has 0 saturated carbocycles. The van der Waals surface area contributed by atoms with Gasteiger partial charge in [-0.15, -0.1) is 0 Å². The predicted octanol–water partition coefficient (Wildman–Crippen LogP) is 5.30. The fourth-order valence-electron chi connectivity index (χ4n) is 4.09. The summed E-state index contributed by atoms with van der Waals surface area (Å²) < 4.78 is 0. The van der Waals surface area contributed by atoms with Crippen molar-refractivity contribution in [2.24, 2.45) is 0 Å². The minimum atomic E-state index is 0.586. The van der Waals surface area contributed by atoms with E-state index in [0.717, 1.165) is 43.0 Å². The molecule has 4 rings (SSSR count). The van der Waals surface area contributed by atoms with Gasteiger partial charge in [-0.3, -0.25) is 4.98 Å². The number of nitrogens with one attached hydrogen (secondary N) is 1. The Morgan fingerprint density at radius 1 is 1.07 bits per heavy atom. The highest BCUT2D eigenvalue weighted by Gasteiger charge is 2.20. The van der Waals surface area contributed by atoms with Crippen LogP contribution in [-0.2, 0) is 6.42 Å². The minimum Gasteiger partial charge on any atom is -0.369 e. The molecule has 2 heterocycles. The average molecular weight is 389 g/mol. The van der Waals surface area contributed by atoms with Crippen LogP contribution in [0.5, 0.6) is 0 Å². The van der Waals surface area contributed by atoms with E-state index in [-0.39, 0.29) is 0 Å². The Kier molecular flexibility index (Phi) is 5.46. The smallest absolute Gasteiger partial charge is 0.0726 e. The van der Waals surface area contributed by atoms with Gasteiger partial charge >= 0.3 is 0 Å². The molecule has 1 aromatic heterocycles. The normalized spacial score (nSPS) is 17.7. The summed E-state index contributed by atoms with van der Waals surface area (Å²) in [6.45, 7) is 12.0. The second-order valence-electron chi connectivity index (χ2n) is 8.35.